The molecule has 5 rings (SSSR count). The van der Waals surface area contributed by atoms with Crippen LogP contribution in [0.1, 0.15) is 102 Å². The molecule has 2 aromatic carbocycles. The summed E-state index contributed by atoms with van der Waals surface area (Å²) < 4.78 is 26.4. The molecule has 44 heavy (non-hydrogen) atoms. The Morgan fingerprint density at radius 3 is 1.80 bits per heavy atom. The summed E-state index contributed by atoms with van der Waals surface area (Å²) in [7, 11) is -1.33. The summed E-state index contributed by atoms with van der Waals surface area (Å²) in [5.74, 6) is -0.509. The third-order valence-electron chi connectivity index (χ3n) is 10.5. The first-order valence-electron chi connectivity index (χ1n) is 15.3. The van der Waals surface area contributed by atoms with Gasteiger partial charge in [0.25, 0.3) is 0 Å². The van der Waals surface area contributed by atoms with Gasteiger partial charge in [-0.2, -0.15) is 10.5 Å². The Hall–Kier alpha value is -3.39. The number of hydrogen-bond donors (Lipinski definition) is 0. The Morgan fingerprint density at radius 1 is 0.841 bits per heavy atom. The maximum absolute atomic E-state index is 10.2. The van der Waals surface area contributed by atoms with Gasteiger partial charge in [-0.3, -0.25) is 0 Å². The van der Waals surface area contributed by atoms with E-state index in [0.29, 0.717) is 11.1 Å². The maximum Gasteiger partial charge on any atom is 0.494 e. The summed E-state index contributed by atoms with van der Waals surface area (Å²) in [6.07, 6.45) is 1.80. The second kappa shape index (κ2) is 10.6. The smallest absolute Gasteiger partial charge is 0.399 e. The average molecular weight is 588 g/mol. The molecule has 2 aromatic rings. The van der Waals surface area contributed by atoms with Gasteiger partial charge in [0.2, 0.25) is 0 Å². The molecule has 0 saturated carbocycles. The average Bonchev–Trinajstić information content (AvgIpc) is 3.31. The van der Waals surface area contributed by atoms with Gasteiger partial charge >= 0.3 is 14.2 Å². The zero-order valence-electron chi connectivity index (χ0n) is 27.7. The zero-order chi connectivity index (χ0) is 32.6. The molecule has 0 spiro atoms. The van der Waals surface area contributed by atoms with Crippen LogP contribution in [0.3, 0.4) is 0 Å². The Morgan fingerprint density at radius 2 is 1.34 bits per heavy atom. The van der Waals surface area contributed by atoms with Crippen molar-refractivity contribution < 1.29 is 18.6 Å². The van der Waals surface area contributed by atoms with E-state index in [0.717, 1.165) is 44.3 Å². The first-order valence-corrected chi connectivity index (χ1v) is 15.3. The number of benzene rings is 2. The molecule has 0 N–H and O–H groups in total. The van der Waals surface area contributed by atoms with Crippen LogP contribution in [0.25, 0.3) is 0 Å². The van der Waals surface area contributed by atoms with Crippen LogP contribution < -0.4 is 10.9 Å². The highest BCUT2D eigenvalue weighted by atomic mass is 16.7. The molecule has 2 fully saturated rings. The summed E-state index contributed by atoms with van der Waals surface area (Å²) in [6, 6.07) is 14.7. The van der Waals surface area contributed by atoms with Crippen molar-refractivity contribution in [2.75, 3.05) is 0 Å². The van der Waals surface area contributed by atoms with Gasteiger partial charge < -0.3 is 18.6 Å². The van der Waals surface area contributed by atoms with Gasteiger partial charge in [-0.15, -0.1) is 0 Å². The summed E-state index contributed by atoms with van der Waals surface area (Å²) in [5.41, 5.74) is 5.97. The minimum atomic E-state index is -0.689. The van der Waals surface area contributed by atoms with E-state index in [9.17, 15) is 10.5 Å². The van der Waals surface area contributed by atoms with Crippen LogP contribution in [0, 0.1) is 29.6 Å². The van der Waals surface area contributed by atoms with Crippen LogP contribution in [0.4, 0.5) is 0 Å². The van der Waals surface area contributed by atoms with Crippen molar-refractivity contribution in [3.8, 4) is 12.1 Å². The number of nitrogens with zero attached hydrogens (tertiary/aromatic N) is 2. The molecule has 2 heterocycles. The number of allylic oxidation sites excluding steroid dienone is 4. The first-order chi connectivity index (χ1) is 20.4. The van der Waals surface area contributed by atoms with Gasteiger partial charge in [0.05, 0.1) is 40.1 Å². The lowest BCUT2D eigenvalue weighted by atomic mass is 9.61. The van der Waals surface area contributed by atoms with E-state index < -0.39 is 36.6 Å². The molecule has 2 aliphatic heterocycles. The normalized spacial score (nSPS) is 24.5. The van der Waals surface area contributed by atoms with Crippen molar-refractivity contribution in [1.82, 2.24) is 0 Å². The van der Waals surface area contributed by atoms with Crippen molar-refractivity contribution >= 4 is 25.2 Å². The molecule has 2 saturated heterocycles. The fourth-order valence-electron chi connectivity index (χ4n) is 6.57. The molecule has 0 aromatic heterocycles. The first kappa shape index (κ1) is 32.0. The Bertz CT molecular complexity index is 1660. The highest BCUT2D eigenvalue weighted by molar-refractivity contribution is 6.74. The molecule has 0 radical (unpaired) electrons. The van der Waals surface area contributed by atoms with Crippen LogP contribution in [-0.4, -0.2) is 36.6 Å². The van der Waals surface area contributed by atoms with E-state index >= 15 is 0 Å². The molecule has 226 valence electrons. The maximum atomic E-state index is 10.2. The molecule has 6 nitrogen and oxygen atoms in total. The largest absolute Gasteiger partial charge is 0.494 e. The van der Waals surface area contributed by atoms with E-state index in [1.165, 1.54) is 0 Å². The second-order valence-electron chi connectivity index (χ2n) is 14.3. The molecule has 8 heteroatoms. The van der Waals surface area contributed by atoms with Crippen molar-refractivity contribution in [3.05, 3.63) is 94.1 Å². The summed E-state index contributed by atoms with van der Waals surface area (Å²) in [5, 5.41) is 20.3. The predicted octanol–water partition coefficient (Wildman–Crippen LogP) is 6.28. The second-order valence-corrected chi connectivity index (χ2v) is 14.3. The van der Waals surface area contributed by atoms with Crippen molar-refractivity contribution in [3.63, 3.8) is 0 Å². The molecule has 0 bridgehead atoms. The van der Waals surface area contributed by atoms with Gasteiger partial charge in [-0.25, -0.2) is 0 Å². The van der Waals surface area contributed by atoms with Gasteiger partial charge in [0.1, 0.15) is 0 Å². The summed E-state index contributed by atoms with van der Waals surface area (Å²) in [4.78, 5) is 0. The van der Waals surface area contributed by atoms with Gasteiger partial charge in [-0.1, -0.05) is 50.4 Å². The van der Waals surface area contributed by atoms with E-state index in [1.807, 2.05) is 67.5 Å². The lowest BCUT2D eigenvalue weighted by Gasteiger charge is -2.36. The Kier molecular flexibility index (Phi) is 7.72. The Balaban J connectivity index is 1.81. The highest BCUT2D eigenvalue weighted by Crippen LogP contribution is 2.50. The monoisotopic (exact) mass is 588 g/mol. The van der Waals surface area contributed by atoms with E-state index in [1.54, 1.807) is 6.08 Å². The van der Waals surface area contributed by atoms with Gasteiger partial charge in [0.15, 0.2) is 0 Å². The van der Waals surface area contributed by atoms with Crippen molar-refractivity contribution in [1.29, 1.82) is 10.5 Å². The molecular weight excluding hydrogens is 546 g/mol. The summed E-state index contributed by atoms with van der Waals surface area (Å²) in [6.45, 7) is 28.7. The van der Waals surface area contributed by atoms with E-state index in [2.05, 4.69) is 57.3 Å². The van der Waals surface area contributed by atoms with Crippen LogP contribution >= 0.6 is 0 Å². The minimum Gasteiger partial charge on any atom is -0.399 e. The van der Waals surface area contributed by atoms with Crippen LogP contribution in [0.2, 0.25) is 0 Å². The van der Waals surface area contributed by atoms with Gasteiger partial charge in [0, 0.05) is 17.4 Å². The predicted molar refractivity (Wildman–Crippen MR) is 176 cm³/mol. The lowest BCUT2D eigenvalue weighted by molar-refractivity contribution is 0.00578. The lowest BCUT2D eigenvalue weighted by Crippen LogP contribution is -2.52. The quantitative estimate of drug-likeness (QED) is 0.302. The number of rotatable bonds is 5. The molecule has 3 aliphatic rings. The third-order valence-corrected chi connectivity index (χ3v) is 10.5. The van der Waals surface area contributed by atoms with Crippen LogP contribution in [0.15, 0.2) is 66.3 Å². The zero-order valence-corrected chi connectivity index (χ0v) is 27.7. The van der Waals surface area contributed by atoms with Crippen molar-refractivity contribution in [2.45, 2.75) is 103 Å². The fraction of sp³-hybridized carbons (Fsp3) is 0.444. The van der Waals surface area contributed by atoms with Crippen LogP contribution in [0.5, 0.6) is 0 Å². The topological polar surface area (TPSA) is 84.5 Å². The molecule has 2 unspecified atom stereocenters. The van der Waals surface area contributed by atoms with E-state index in [-0.39, 0.29) is 11.8 Å². The number of aryl methyl sites for hydroxylation is 1. The summed E-state index contributed by atoms with van der Waals surface area (Å²) >= 11 is 0. The number of fused-ring (bicyclic) bond motifs is 1. The fourth-order valence-corrected chi connectivity index (χ4v) is 6.57. The SMILES string of the molecule is C=CC1=C(C(=C)C#N)C(c2cc(B3OC(C)(C)C(C)(C)O3)c(B3OC(C)(C)C(C)(C)O3)cc2C)c2cccc(C#N)c2C1C. The standard InChI is InChI=1S/C36H42B2N2O4/c1-13-25-23(4)31-24(20-40)15-14-16-26(31)32(30(25)22(3)19-39)27-18-29(38-43-35(9,10)36(11,12)44-38)28(17-21(27)2)37-41-33(5,6)34(7,8)42-37/h13-18,23,32H,1,3H2,2,4-12H3. The highest BCUT2D eigenvalue weighted by Gasteiger charge is 2.56. The Labute approximate surface area is 263 Å². The van der Waals surface area contributed by atoms with E-state index in [4.69, 9.17) is 18.6 Å². The molecule has 2 atom stereocenters. The minimum absolute atomic E-state index is 0.137. The number of nitriles is 2. The third kappa shape index (κ3) is 4.81. The molecule has 0 amide bonds. The van der Waals surface area contributed by atoms with Gasteiger partial charge in [-0.05, 0) is 113 Å². The molecular formula is C36H42B2N2O4. The van der Waals surface area contributed by atoms with Crippen molar-refractivity contribution in [2.24, 2.45) is 0 Å². The van der Waals surface area contributed by atoms with Crippen LogP contribution in [-0.2, 0) is 18.6 Å². The number of hydrogen-bond acceptors (Lipinski definition) is 6. The molecule has 1 aliphatic carbocycles.